The highest BCUT2D eigenvalue weighted by molar-refractivity contribution is 6.10. The minimum atomic E-state index is -0.306. The van der Waals surface area contributed by atoms with Crippen molar-refractivity contribution >= 4 is 34.8 Å². The fraction of sp³-hybridized carbons (Fsp3) is 0.405. The molecule has 0 saturated carbocycles. The maximum atomic E-state index is 13.7. The van der Waals surface area contributed by atoms with Gasteiger partial charge in [-0.05, 0) is 94.2 Å². The Morgan fingerprint density at radius 3 is 2.46 bits per heavy atom. The summed E-state index contributed by atoms with van der Waals surface area (Å²) in [6.07, 6.45) is 2.99. The first-order valence-electron chi connectivity index (χ1n) is 16.5. The van der Waals surface area contributed by atoms with Crippen LogP contribution in [-0.4, -0.2) is 94.6 Å². The van der Waals surface area contributed by atoms with Crippen LogP contribution in [0.4, 0.5) is 17.1 Å². The molecule has 3 aromatic carbocycles. The monoisotopic (exact) mass is 656 g/mol. The summed E-state index contributed by atoms with van der Waals surface area (Å²) in [4.78, 5) is 44.5. The first kappa shape index (κ1) is 36.0. The van der Waals surface area contributed by atoms with Crippen LogP contribution in [-0.2, 0) is 4.79 Å². The van der Waals surface area contributed by atoms with Crippen molar-refractivity contribution in [1.82, 2.24) is 9.80 Å². The summed E-state index contributed by atoms with van der Waals surface area (Å²) < 4.78 is 11.8. The SMILES string of the molecule is COc1cc(C(=O)N(C)c2ccc(C)cc2OCCCCC(=C=O)N2CCN(C)CC2)ccc1NC(=O)c1ccccc1NCCCN. The van der Waals surface area contributed by atoms with Crippen LogP contribution >= 0.6 is 0 Å². The van der Waals surface area contributed by atoms with Crippen LogP contribution in [0.2, 0.25) is 0 Å². The van der Waals surface area contributed by atoms with Crippen molar-refractivity contribution in [2.75, 3.05) is 82.6 Å². The molecule has 1 aliphatic heterocycles. The molecule has 0 aromatic heterocycles. The number of hydrogen-bond donors (Lipinski definition) is 3. The lowest BCUT2D eigenvalue weighted by Gasteiger charge is -2.34. The van der Waals surface area contributed by atoms with Crippen LogP contribution < -0.4 is 30.7 Å². The fourth-order valence-corrected chi connectivity index (χ4v) is 5.52. The zero-order chi connectivity index (χ0) is 34.5. The number of unbranched alkanes of at least 4 members (excludes halogenated alkanes) is 1. The maximum Gasteiger partial charge on any atom is 0.258 e. The number of para-hydroxylation sites is 1. The minimum Gasteiger partial charge on any atom is -0.495 e. The summed E-state index contributed by atoms with van der Waals surface area (Å²) in [5, 5.41) is 6.17. The standard InChI is InChI=1S/C37H48N6O5/c1-27-13-16-33(35(24-27)48-23-8-7-10-29(26-44)43-21-19-41(2)20-22-43)42(3)37(46)28-14-15-32(34(25-28)47-4)40-36(45)30-11-5-6-12-31(30)39-18-9-17-38/h5-6,11-16,24-25,39H,7-10,17-23,38H2,1-4H3,(H,40,45). The smallest absolute Gasteiger partial charge is 0.258 e. The highest BCUT2D eigenvalue weighted by Gasteiger charge is 2.21. The number of allylic oxidation sites excluding steroid dienone is 1. The number of hydrogen-bond acceptors (Lipinski definition) is 9. The van der Waals surface area contributed by atoms with Gasteiger partial charge < -0.3 is 40.5 Å². The summed E-state index contributed by atoms with van der Waals surface area (Å²) in [7, 11) is 5.29. The summed E-state index contributed by atoms with van der Waals surface area (Å²) in [5.74, 6) is 2.54. The van der Waals surface area contributed by atoms with Crippen molar-refractivity contribution in [1.29, 1.82) is 0 Å². The van der Waals surface area contributed by atoms with Gasteiger partial charge in [0.05, 0.1) is 36.4 Å². The van der Waals surface area contributed by atoms with E-state index in [1.807, 2.05) is 37.3 Å². The molecule has 3 aromatic rings. The molecule has 0 bridgehead atoms. The summed E-state index contributed by atoms with van der Waals surface area (Å²) in [5.41, 5.74) is 10.0. The van der Waals surface area contributed by atoms with Crippen LogP contribution in [0.15, 0.2) is 66.4 Å². The Balaban J connectivity index is 1.39. The average Bonchev–Trinajstić information content (AvgIpc) is 3.10. The number of piperazine rings is 1. The van der Waals surface area contributed by atoms with Gasteiger partial charge in [-0.3, -0.25) is 9.59 Å². The number of anilines is 3. The second-order valence-corrected chi connectivity index (χ2v) is 12.0. The highest BCUT2D eigenvalue weighted by Crippen LogP contribution is 2.32. The number of methoxy groups -OCH3 is 1. The van der Waals surface area contributed by atoms with Crippen molar-refractivity contribution < 1.29 is 23.9 Å². The number of ether oxygens (including phenoxy) is 2. The number of nitrogens with two attached hydrogens (primary N) is 1. The van der Waals surface area contributed by atoms with E-state index in [-0.39, 0.29) is 11.8 Å². The quantitative estimate of drug-likeness (QED) is 0.147. The molecular weight excluding hydrogens is 608 g/mol. The number of nitrogens with one attached hydrogen (secondary N) is 2. The third-order valence-corrected chi connectivity index (χ3v) is 8.41. The highest BCUT2D eigenvalue weighted by atomic mass is 16.5. The van der Waals surface area contributed by atoms with Crippen LogP contribution in [0.3, 0.4) is 0 Å². The van der Waals surface area contributed by atoms with E-state index < -0.39 is 0 Å². The zero-order valence-electron chi connectivity index (χ0n) is 28.5. The van der Waals surface area contributed by atoms with E-state index in [2.05, 4.69) is 33.4 Å². The van der Waals surface area contributed by atoms with Gasteiger partial charge in [0.15, 0.2) is 0 Å². The molecule has 48 heavy (non-hydrogen) atoms. The molecule has 0 atom stereocenters. The molecule has 0 unspecified atom stereocenters. The Morgan fingerprint density at radius 1 is 0.958 bits per heavy atom. The summed E-state index contributed by atoms with van der Waals surface area (Å²) >= 11 is 0. The van der Waals surface area contributed by atoms with Crippen molar-refractivity contribution in [3.05, 3.63) is 83.1 Å². The lowest BCUT2D eigenvalue weighted by molar-refractivity contribution is 0.0990. The van der Waals surface area contributed by atoms with Crippen molar-refractivity contribution in [3.8, 4) is 11.5 Å². The Morgan fingerprint density at radius 2 is 1.73 bits per heavy atom. The molecule has 1 heterocycles. The Kier molecular flexibility index (Phi) is 13.4. The molecular formula is C37H48N6O5. The molecule has 4 N–H and O–H groups in total. The molecule has 0 aliphatic carbocycles. The van der Waals surface area contributed by atoms with Gasteiger partial charge in [0.2, 0.25) is 0 Å². The van der Waals surface area contributed by atoms with Gasteiger partial charge in [0.1, 0.15) is 17.4 Å². The molecule has 4 rings (SSSR count). The zero-order valence-corrected chi connectivity index (χ0v) is 28.5. The largest absolute Gasteiger partial charge is 0.495 e. The van der Waals surface area contributed by atoms with E-state index >= 15 is 0 Å². The average molecular weight is 657 g/mol. The number of carbonyl (C=O) groups is 2. The number of aryl methyl sites for hydroxylation is 1. The van der Waals surface area contributed by atoms with E-state index in [1.54, 1.807) is 42.3 Å². The van der Waals surface area contributed by atoms with Crippen LogP contribution in [0.25, 0.3) is 0 Å². The predicted octanol–water partition coefficient (Wildman–Crippen LogP) is 4.81. The molecule has 2 amide bonds. The first-order chi connectivity index (χ1) is 23.2. The van der Waals surface area contributed by atoms with Gasteiger partial charge in [-0.25, -0.2) is 4.79 Å². The molecule has 11 heteroatoms. The number of benzene rings is 3. The number of likely N-dealkylation sites (N-methyl/N-ethyl adjacent to an activating group) is 1. The van der Waals surface area contributed by atoms with Gasteiger partial charge in [0, 0.05) is 51.0 Å². The van der Waals surface area contributed by atoms with Crippen LogP contribution in [0, 0.1) is 6.92 Å². The van der Waals surface area contributed by atoms with E-state index in [0.29, 0.717) is 65.8 Å². The van der Waals surface area contributed by atoms with Gasteiger partial charge >= 0.3 is 0 Å². The van der Waals surface area contributed by atoms with E-state index in [9.17, 15) is 14.4 Å². The van der Waals surface area contributed by atoms with Crippen LogP contribution in [0.1, 0.15) is 52.0 Å². The third kappa shape index (κ3) is 9.60. The second-order valence-electron chi connectivity index (χ2n) is 12.0. The number of nitrogens with zero attached hydrogens (tertiary/aromatic N) is 3. The predicted molar refractivity (Wildman–Crippen MR) is 191 cm³/mol. The van der Waals surface area contributed by atoms with Gasteiger partial charge in [-0.15, -0.1) is 0 Å². The van der Waals surface area contributed by atoms with Crippen molar-refractivity contribution in [3.63, 3.8) is 0 Å². The summed E-state index contributed by atoms with van der Waals surface area (Å²) in [6, 6.07) is 17.9. The maximum absolute atomic E-state index is 13.7. The summed E-state index contributed by atoms with van der Waals surface area (Å²) in [6.45, 7) is 7.19. The van der Waals surface area contributed by atoms with Gasteiger partial charge in [-0.1, -0.05) is 18.2 Å². The third-order valence-electron chi connectivity index (χ3n) is 8.41. The topological polar surface area (TPSA) is 129 Å². The Labute approximate surface area is 283 Å². The molecule has 256 valence electrons. The van der Waals surface area contributed by atoms with Crippen LogP contribution in [0.5, 0.6) is 11.5 Å². The molecule has 0 spiro atoms. The Hall–Kier alpha value is -4.83. The minimum absolute atomic E-state index is 0.262. The molecule has 1 aliphatic rings. The van der Waals surface area contributed by atoms with Crippen molar-refractivity contribution in [2.45, 2.75) is 32.6 Å². The fourth-order valence-electron chi connectivity index (χ4n) is 5.52. The van der Waals surface area contributed by atoms with Gasteiger partial charge in [0.25, 0.3) is 11.8 Å². The second kappa shape index (κ2) is 17.9. The normalized spacial score (nSPS) is 13.0. The Bertz CT molecular complexity index is 1600. The van der Waals surface area contributed by atoms with E-state index in [1.165, 1.54) is 7.11 Å². The number of rotatable bonds is 16. The number of carbonyl (C=O) groups excluding carboxylic acids is 3. The van der Waals surface area contributed by atoms with Crippen molar-refractivity contribution in [2.24, 2.45) is 5.73 Å². The number of amides is 2. The molecule has 0 radical (unpaired) electrons. The van der Waals surface area contributed by atoms with E-state index in [4.69, 9.17) is 15.2 Å². The lowest BCUT2D eigenvalue weighted by atomic mass is 10.1. The molecule has 11 nitrogen and oxygen atoms in total. The van der Waals surface area contributed by atoms with E-state index in [0.717, 1.165) is 56.7 Å². The lowest BCUT2D eigenvalue weighted by Crippen LogP contribution is -2.44. The molecule has 1 saturated heterocycles. The first-order valence-corrected chi connectivity index (χ1v) is 16.5. The van der Waals surface area contributed by atoms with Gasteiger partial charge in [-0.2, -0.15) is 0 Å². The molecule has 1 fully saturated rings.